The Labute approximate surface area is 112 Å². The molecule has 0 aliphatic carbocycles. The largest absolute Gasteiger partial charge is 0.439 e. The summed E-state index contributed by atoms with van der Waals surface area (Å²) in [6, 6.07) is 9.27. The summed E-state index contributed by atoms with van der Waals surface area (Å²) in [5, 5.41) is 0.727. The number of pyridine rings is 1. The van der Waals surface area contributed by atoms with Crippen molar-refractivity contribution >= 4 is 11.6 Å². The highest BCUT2D eigenvalue weighted by Gasteiger charge is 2.04. The zero-order valence-corrected chi connectivity index (χ0v) is 11.2. The molecule has 1 heterocycles. The fraction of sp³-hybridized carbons (Fsp3) is 0.214. The molecule has 1 aromatic carbocycles. The fourth-order valence-electron chi connectivity index (χ4n) is 1.64. The molecule has 2 aromatic rings. The van der Waals surface area contributed by atoms with Crippen LogP contribution in [0.4, 0.5) is 0 Å². The zero-order valence-electron chi connectivity index (χ0n) is 10.4. The third-order valence-electron chi connectivity index (χ3n) is 2.74. The predicted molar refractivity (Wildman–Crippen MR) is 73.1 cm³/mol. The molecule has 3 nitrogen and oxygen atoms in total. The van der Waals surface area contributed by atoms with Crippen LogP contribution >= 0.6 is 11.6 Å². The Hall–Kier alpha value is -1.58. The van der Waals surface area contributed by atoms with Gasteiger partial charge in [-0.05, 0) is 43.2 Å². The van der Waals surface area contributed by atoms with E-state index in [-0.39, 0.29) is 0 Å². The zero-order chi connectivity index (χ0) is 13.1. The van der Waals surface area contributed by atoms with E-state index in [4.69, 9.17) is 22.1 Å². The average molecular weight is 263 g/mol. The second kappa shape index (κ2) is 5.38. The Kier molecular flexibility index (Phi) is 3.84. The van der Waals surface area contributed by atoms with Gasteiger partial charge in [-0.1, -0.05) is 17.7 Å². The van der Waals surface area contributed by atoms with Gasteiger partial charge in [0.25, 0.3) is 0 Å². The minimum atomic E-state index is 0.485. The molecular weight excluding hydrogens is 248 g/mol. The summed E-state index contributed by atoms with van der Waals surface area (Å²) in [7, 11) is 0. The quantitative estimate of drug-likeness (QED) is 0.919. The maximum Gasteiger partial charge on any atom is 0.219 e. The highest BCUT2D eigenvalue weighted by atomic mass is 35.5. The van der Waals surface area contributed by atoms with E-state index in [2.05, 4.69) is 4.98 Å². The van der Waals surface area contributed by atoms with Crippen molar-refractivity contribution in [2.45, 2.75) is 20.4 Å². The highest BCUT2D eigenvalue weighted by molar-refractivity contribution is 6.31. The number of nitrogens with two attached hydrogens (primary N) is 1. The Bertz CT molecular complexity index is 570. The number of rotatable bonds is 3. The first-order valence-electron chi connectivity index (χ1n) is 5.70. The molecule has 1 aromatic heterocycles. The van der Waals surface area contributed by atoms with Gasteiger partial charge < -0.3 is 10.5 Å². The highest BCUT2D eigenvalue weighted by Crippen LogP contribution is 2.25. The number of benzene rings is 1. The summed E-state index contributed by atoms with van der Waals surface area (Å²) in [5.41, 5.74) is 8.48. The van der Waals surface area contributed by atoms with Gasteiger partial charge in [0.15, 0.2) is 0 Å². The molecule has 4 heteroatoms. The Morgan fingerprint density at radius 3 is 2.61 bits per heavy atom. The van der Waals surface area contributed by atoms with Crippen molar-refractivity contribution in [3.63, 3.8) is 0 Å². The molecule has 0 aliphatic rings. The summed E-state index contributed by atoms with van der Waals surface area (Å²) >= 11 is 5.96. The maximum atomic E-state index is 5.96. The van der Waals surface area contributed by atoms with Gasteiger partial charge in [-0.2, -0.15) is 0 Å². The van der Waals surface area contributed by atoms with Crippen molar-refractivity contribution in [2.75, 3.05) is 0 Å². The van der Waals surface area contributed by atoms with E-state index in [0.717, 1.165) is 27.6 Å². The van der Waals surface area contributed by atoms with E-state index in [1.165, 1.54) is 0 Å². The second-order valence-electron chi connectivity index (χ2n) is 4.11. The monoisotopic (exact) mass is 262 g/mol. The maximum absolute atomic E-state index is 5.96. The third kappa shape index (κ3) is 2.81. The standard InChI is InChI=1S/C14H15ClN2O/c1-9-7-12(4-5-13(9)15)18-14-6-3-11(8-16)10(2)17-14/h3-7H,8,16H2,1-2H3. The number of nitrogens with zero attached hydrogens (tertiary/aromatic N) is 1. The molecular formula is C14H15ClN2O. The van der Waals surface area contributed by atoms with Crippen LogP contribution < -0.4 is 10.5 Å². The number of halogens is 1. The van der Waals surface area contributed by atoms with Crippen LogP contribution in [0.3, 0.4) is 0 Å². The van der Waals surface area contributed by atoms with Crippen molar-refractivity contribution < 1.29 is 4.74 Å². The van der Waals surface area contributed by atoms with E-state index in [1.807, 2.05) is 44.2 Å². The van der Waals surface area contributed by atoms with Gasteiger partial charge in [-0.15, -0.1) is 0 Å². The molecule has 0 unspecified atom stereocenters. The van der Waals surface area contributed by atoms with Crippen LogP contribution in [0.15, 0.2) is 30.3 Å². The van der Waals surface area contributed by atoms with Gasteiger partial charge in [0.1, 0.15) is 5.75 Å². The van der Waals surface area contributed by atoms with Gasteiger partial charge in [-0.3, -0.25) is 0 Å². The number of aryl methyl sites for hydroxylation is 2. The molecule has 0 spiro atoms. The Morgan fingerprint density at radius 2 is 2.00 bits per heavy atom. The Balaban J connectivity index is 2.23. The van der Waals surface area contributed by atoms with Crippen LogP contribution in [0.5, 0.6) is 11.6 Å². The number of aromatic nitrogens is 1. The molecule has 2 N–H and O–H groups in total. The molecule has 0 amide bonds. The SMILES string of the molecule is Cc1cc(Oc2ccc(CN)c(C)n2)ccc1Cl. The number of hydrogen-bond acceptors (Lipinski definition) is 3. The van der Waals surface area contributed by atoms with E-state index >= 15 is 0 Å². The first kappa shape index (κ1) is 12.9. The summed E-state index contributed by atoms with van der Waals surface area (Å²) in [6.07, 6.45) is 0. The van der Waals surface area contributed by atoms with Crippen LogP contribution in [-0.4, -0.2) is 4.98 Å². The molecule has 0 bridgehead atoms. The Morgan fingerprint density at radius 1 is 1.22 bits per heavy atom. The van der Waals surface area contributed by atoms with Gasteiger partial charge >= 0.3 is 0 Å². The van der Waals surface area contributed by atoms with Gasteiger partial charge in [0, 0.05) is 23.3 Å². The molecule has 0 fully saturated rings. The van der Waals surface area contributed by atoms with Gasteiger partial charge in [0.2, 0.25) is 5.88 Å². The van der Waals surface area contributed by atoms with E-state index in [1.54, 1.807) is 0 Å². The third-order valence-corrected chi connectivity index (χ3v) is 3.17. The molecule has 0 aliphatic heterocycles. The van der Waals surface area contributed by atoms with E-state index in [0.29, 0.717) is 12.4 Å². The predicted octanol–water partition coefficient (Wildman–Crippen LogP) is 3.60. The topological polar surface area (TPSA) is 48.1 Å². The summed E-state index contributed by atoms with van der Waals surface area (Å²) < 4.78 is 5.68. The van der Waals surface area contributed by atoms with Crippen LogP contribution in [-0.2, 0) is 6.54 Å². The van der Waals surface area contributed by atoms with Crippen LogP contribution in [0.25, 0.3) is 0 Å². The lowest BCUT2D eigenvalue weighted by atomic mass is 10.2. The van der Waals surface area contributed by atoms with E-state index in [9.17, 15) is 0 Å². The van der Waals surface area contributed by atoms with Crippen LogP contribution in [0, 0.1) is 13.8 Å². The molecule has 94 valence electrons. The number of ether oxygens (including phenoxy) is 1. The van der Waals surface area contributed by atoms with Crippen molar-refractivity contribution in [2.24, 2.45) is 5.73 Å². The van der Waals surface area contributed by atoms with Gasteiger partial charge in [-0.25, -0.2) is 4.98 Å². The summed E-state index contributed by atoms with van der Waals surface area (Å²) in [6.45, 7) is 4.34. The number of hydrogen-bond donors (Lipinski definition) is 1. The molecule has 0 saturated heterocycles. The van der Waals surface area contributed by atoms with Gasteiger partial charge in [0.05, 0.1) is 0 Å². The smallest absolute Gasteiger partial charge is 0.219 e. The first-order chi connectivity index (χ1) is 8.60. The second-order valence-corrected chi connectivity index (χ2v) is 4.52. The van der Waals surface area contributed by atoms with Crippen molar-refractivity contribution in [3.8, 4) is 11.6 Å². The minimum absolute atomic E-state index is 0.485. The van der Waals surface area contributed by atoms with Crippen molar-refractivity contribution in [3.05, 3.63) is 52.2 Å². The summed E-state index contributed by atoms with van der Waals surface area (Å²) in [4.78, 5) is 4.36. The molecule has 2 rings (SSSR count). The molecule has 0 radical (unpaired) electrons. The lowest BCUT2D eigenvalue weighted by Gasteiger charge is -2.08. The fourth-order valence-corrected chi connectivity index (χ4v) is 1.76. The normalized spacial score (nSPS) is 10.4. The van der Waals surface area contributed by atoms with E-state index < -0.39 is 0 Å². The lowest BCUT2D eigenvalue weighted by molar-refractivity contribution is 0.461. The van der Waals surface area contributed by atoms with Crippen molar-refractivity contribution in [1.29, 1.82) is 0 Å². The average Bonchev–Trinajstić information content (AvgIpc) is 2.34. The summed E-state index contributed by atoms with van der Waals surface area (Å²) in [5.74, 6) is 1.29. The minimum Gasteiger partial charge on any atom is -0.439 e. The van der Waals surface area contributed by atoms with Crippen LogP contribution in [0.2, 0.25) is 5.02 Å². The van der Waals surface area contributed by atoms with Crippen molar-refractivity contribution in [1.82, 2.24) is 4.98 Å². The molecule has 0 saturated carbocycles. The lowest BCUT2D eigenvalue weighted by Crippen LogP contribution is -2.01. The first-order valence-corrected chi connectivity index (χ1v) is 6.08. The molecule has 0 atom stereocenters. The molecule has 18 heavy (non-hydrogen) atoms. The van der Waals surface area contributed by atoms with Crippen LogP contribution in [0.1, 0.15) is 16.8 Å².